The highest BCUT2D eigenvalue weighted by Crippen LogP contribution is 1.98. The Morgan fingerprint density at radius 2 is 2.12 bits per heavy atom. The second kappa shape index (κ2) is 6.96. The molecule has 0 saturated heterocycles. The van der Waals surface area contributed by atoms with Gasteiger partial charge in [-0.05, 0) is 25.2 Å². The molecule has 94 valence electrons. The highest BCUT2D eigenvalue weighted by Gasteiger charge is 2.06. The summed E-state index contributed by atoms with van der Waals surface area (Å²) in [4.78, 5) is 17.3. The summed E-state index contributed by atoms with van der Waals surface area (Å²) in [6.45, 7) is 7.48. The summed E-state index contributed by atoms with van der Waals surface area (Å²) in [6, 6.07) is 2.61. The van der Waals surface area contributed by atoms with Gasteiger partial charge in [0.05, 0.1) is 5.56 Å². The molecule has 0 unspecified atom stereocenters. The van der Waals surface area contributed by atoms with Crippen LogP contribution in [0.25, 0.3) is 0 Å². The average molecular weight is 238 g/mol. The molecule has 1 rings (SSSR count). The minimum absolute atomic E-state index is 0.218. The fourth-order valence-corrected chi connectivity index (χ4v) is 1.48. The van der Waals surface area contributed by atoms with Crippen molar-refractivity contribution in [1.82, 2.24) is 15.2 Å². The number of hydrogen-bond acceptors (Lipinski definition) is 3. The lowest BCUT2D eigenvalue weighted by molar-refractivity contribution is 0.0948. The second-order valence-electron chi connectivity index (χ2n) is 3.65. The summed E-state index contributed by atoms with van der Waals surface area (Å²) in [7, 11) is 0. The van der Waals surface area contributed by atoms with Crippen LogP contribution < -0.4 is 5.32 Å². The Hall–Kier alpha value is -1.49. The van der Waals surface area contributed by atoms with Gasteiger partial charge in [0.2, 0.25) is 5.95 Å². The number of carbonyl (C=O) groups is 1. The molecule has 0 bridgehead atoms. The van der Waals surface area contributed by atoms with Crippen LogP contribution in [-0.2, 0) is 0 Å². The maximum absolute atomic E-state index is 12.6. The summed E-state index contributed by atoms with van der Waals surface area (Å²) in [5.41, 5.74) is 0.381. The molecule has 17 heavy (non-hydrogen) atoms. The van der Waals surface area contributed by atoms with E-state index in [1.807, 2.05) is 0 Å². The molecule has 0 aliphatic carbocycles. The molecule has 1 amide bonds. The van der Waals surface area contributed by atoms with Crippen LogP contribution >= 0.6 is 0 Å². The van der Waals surface area contributed by atoms with E-state index in [1.165, 1.54) is 18.3 Å². The summed E-state index contributed by atoms with van der Waals surface area (Å²) in [5.74, 6) is -0.797. The average Bonchev–Trinajstić information content (AvgIpc) is 2.35. The molecular weight excluding hydrogens is 220 g/mol. The minimum Gasteiger partial charge on any atom is -0.351 e. The lowest BCUT2D eigenvalue weighted by atomic mass is 10.2. The maximum atomic E-state index is 12.6. The van der Waals surface area contributed by atoms with E-state index in [-0.39, 0.29) is 5.91 Å². The molecule has 0 spiro atoms. The number of nitrogens with one attached hydrogen (secondary N) is 1. The van der Waals surface area contributed by atoms with Gasteiger partial charge in [0, 0.05) is 19.3 Å². The molecule has 1 heterocycles. The number of carbonyl (C=O) groups excluding carboxylic acids is 1. The molecule has 0 saturated carbocycles. The third-order valence-corrected chi connectivity index (χ3v) is 2.60. The number of hydrogen-bond donors (Lipinski definition) is 1. The molecule has 0 aromatic carbocycles. The molecule has 1 aromatic rings. The molecule has 4 nitrogen and oxygen atoms in total. The van der Waals surface area contributed by atoms with E-state index in [1.54, 1.807) is 0 Å². The normalized spacial score (nSPS) is 10.6. The first kappa shape index (κ1) is 13.6. The fraction of sp³-hybridized carbons (Fsp3) is 0.500. The van der Waals surface area contributed by atoms with Gasteiger partial charge >= 0.3 is 0 Å². The molecule has 0 aliphatic heterocycles. The molecule has 0 atom stereocenters. The first-order valence-electron chi connectivity index (χ1n) is 5.79. The first-order valence-corrected chi connectivity index (χ1v) is 5.79. The van der Waals surface area contributed by atoms with Crippen molar-refractivity contribution in [2.45, 2.75) is 13.8 Å². The molecule has 0 radical (unpaired) electrons. The maximum Gasteiger partial charge on any atom is 0.252 e. The SMILES string of the molecule is CCN(CC)CCNC(=O)c1ccc([18F])nc1. The zero-order valence-corrected chi connectivity index (χ0v) is 10.2. The van der Waals surface area contributed by atoms with E-state index in [0.717, 1.165) is 19.6 Å². The van der Waals surface area contributed by atoms with Crippen molar-refractivity contribution >= 4 is 5.91 Å². The summed E-state index contributed by atoms with van der Waals surface area (Å²) in [6.07, 6.45) is 1.24. The highest BCUT2D eigenvalue weighted by atomic mass is 18.2. The Morgan fingerprint density at radius 3 is 2.65 bits per heavy atom. The quantitative estimate of drug-likeness (QED) is 0.760. The van der Waals surface area contributed by atoms with Crippen LogP contribution in [0.5, 0.6) is 0 Å². The Bertz CT molecular complexity index is 349. The summed E-state index contributed by atoms with van der Waals surface area (Å²) >= 11 is 0. The van der Waals surface area contributed by atoms with Crippen molar-refractivity contribution in [1.29, 1.82) is 0 Å². The monoisotopic (exact) mass is 238 g/mol. The third kappa shape index (κ3) is 4.48. The number of rotatable bonds is 6. The van der Waals surface area contributed by atoms with Gasteiger partial charge in [-0.2, -0.15) is 4.39 Å². The molecule has 0 aliphatic rings. The Morgan fingerprint density at radius 1 is 1.41 bits per heavy atom. The molecule has 1 N–H and O–H groups in total. The standard InChI is InChI=1S/C12H18FN3O/c1-3-16(4-2)8-7-14-12(17)10-5-6-11(13)15-9-10/h5-6,9H,3-4,7-8H2,1-2H3,(H,14,17)/i13-1. The number of aromatic nitrogens is 1. The number of amides is 1. The van der Waals surface area contributed by atoms with Crippen molar-refractivity contribution in [3.05, 3.63) is 29.8 Å². The van der Waals surface area contributed by atoms with Gasteiger partial charge in [-0.3, -0.25) is 4.79 Å². The topological polar surface area (TPSA) is 45.2 Å². The molecular formula is C12H18FN3O. The fourth-order valence-electron chi connectivity index (χ4n) is 1.48. The van der Waals surface area contributed by atoms with Crippen molar-refractivity contribution in [3.63, 3.8) is 0 Å². The van der Waals surface area contributed by atoms with E-state index in [0.29, 0.717) is 12.1 Å². The predicted octanol–water partition coefficient (Wildman–Crippen LogP) is 1.29. The van der Waals surface area contributed by atoms with Gasteiger partial charge in [0.15, 0.2) is 0 Å². The third-order valence-electron chi connectivity index (χ3n) is 2.60. The molecule has 5 heteroatoms. The van der Waals surface area contributed by atoms with Crippen molar-refractivity contribution in [3.8, 4) is 0 Å². The minimum atomic E-state index is -0.579. The van der Waals surface area contributed by atoms with E-state index < -0.39 is 5.95 Å². The van der Waals surface area contributed by atoms with Gasteiger partial charge in [0.1, 0.15) is 0 Å². The number of nitrogens with zero attached hydrogens (tertiary/aromatic N) is 2. The van der Waals surface area contributed by atoms with E-state index >= 15 is 0 Å². The molecule has 0 fully saturated rings. The van der Waals surface area contributed by atoms with E-state index in [9.17, 15) is 9.18 Å². The summed E-state index contributed by atoms with van der Waals surface area (Å²) in [5, 5.41) is 2.77. The van der Waals surface area contributed by atoms with Crippen LogP contribution in [0.2, 0.25) is 0 Å². The van der Waals surface area contributed by atoms with Crippen molar-refractivity contribution < 1.29 is 9.18 Å². The van der Waals surface area contributed by atoms with Crippen molar-refractivity contribution in [2.75, 3.05) is 26.2 Å². The van der Waals surface area contributed by atoms with E-state index in [2.05, 4.69) is 29.0 Å². The van der Waals surface area contributed by atoms with Gasteiger partial charge < -0.3 is 10.2 Å². The van der Waals surface area contributed by atoms with E-state index in [4.69, 9.17) is 0 Å². The zero-order valence-electron chi connectivity index (χ0n) is 10.2. The van der Waals surface area contributed by atoms with Gasteiger partial charge in [-0.1, -0.05) is 13.8 Å². The Kier molecular flexibility index (Phi) is 5.56. The first-order chi connectivity index (χ1) is 8.17. The van der Waals surface area contributed by atoms with Gasteiger partial charge in [-0.25, -0.2) is 4.98 Å². The molecule has 1 aromatic heterocycles. The number of halogens is 1. The number of pyridine rings is 1. The lowest BCUT2D eigenvalue weighted by Gasteiger charge is -2.17. The summed E-state index contributed by atoms with van der Waals surface area (Å²) < 4.78 is 12.6. The van der Waals surface area contributed by atoms with Crippen LogP contribution in [0, 0.1) is 5.95 Å². The highest BCUT2D eigenvalue weighted by molar-refractivity contribution is 5.93. The predicted molar refractivity (Wildman–Crippen MR) is 64.3 cm³/mol. The van der Waals surface area contributed by atoms with Gasteiger partial charge in [-0.15, -0.1) is 0 Å². The second-order valence-corrected chi connectivity index (χ2v) is 3.65. The van der Waals surface area contributed by atoms with Gasteiger partial charge in [0.25, 0.3) is 5.91 Å². The van der Waals surface area contributed by atoms with Crippen molar-refractivity contribution in [2.24, 2.45) is 0 Å². The number of likely N-dealkylation sites (N-methyl/N-ethyl adjacent to an activating group) is 1. The largest absolute Gasteiger partial charge is 0.351 e. The lowest BCUT2D eigenvalue weighted by Crippen LogP contribution is -2.34. The van der Waals surface area contributed by atoms with Crippen LogP contribution in [-0.4, -0.2) is 42.0 Å². The Labute approximate surface area is 101 Å². The Balaban J connectivity index is 2.37. The van der Waals surface area contributed by atoms with Crippen LogP contribution in [0.15, 0.2) is 18.3 Å². The van der Waals surface area contributed by atoms with Crippen LogP contribution in [0.4, 0.5) is 4.39 Å². The van der Waals surface area contributed by atoms with Crippen LogP contribution in [0.3, 0.4) is 0 Å². The smallest absolute Gasteiger partial charge is 0.252 e. The van der Waals surface area contributed by atoms with Crippen LogP contribution in [0.1, 0.15) is 24.2 Å². The zero-order chi connectivity index (χ0) is 12.7.